The van der Waals surface area contributed by atoms with Crippen LogP contribution in [0, 0.1) is 11.6 Å². The Morgan fingerprint density at radius 2 is 1.86 bits per heavy atom. The van der Waals surface area contributed by atoms with Gasteiger partial charge >= 0.3 is 5.97 Å². The molecule has 0 N–H and O–H groups in total. The highest BCUT2D eigenvalue weighted by molar-refractivity contribution is 8.00. The minimum Gasteiger partial charge on any atom is -0.485 e. The molecule has 1 aliphatic rings. The molecule has 8 heteroatoms. The topological polar surface area (TPSA) is 55.8 Å². The zero-order valence-corrected chi connectivity index (χ0v) is 16.0. The van der Waals surface area contributed by atoms with E-state index >= 15 is 0 Å². The molecule has 1 amide bonds. The lowest BCUT2D eigenvalue weighted by Gasteiger charge is -2.22. The number of amides is 1. The number of rotatable bonds is 6. The number of carbonyl (C=O) groups excluding carboxylic acids is 2. The molecule has 1 saturated heterocycles. The number of carbonyl (C=O) groups is 2. The number of hydrogen-bond donors (Lipinski definition) is 0. The molecule has 0 aliphatic carbocycles. The van der Waals surface area contributed by atoms with Crippen LogP contribution in [0.15, 0.2) is 53.4 Å². The first-order valence-corrected chi connectivity index (χ1v) is 9.63. The maximum Gasteiger partial charge on any atom is 0.328 e. The first kappa shape index (κ1) is 20.1. The molecule has 1 fully saturated rings. The van der Waals surface area contributed by atoms with Gasteiger partial charge in [-0.15, -0.1) is 11.8 Å². The van der Waals surface area contributed by atoms with Crippen LogP contribution in [0.25, 0.3) is 0 Å². The summed E-state index contributed by atoms with van der Waals surface area (Å²) < 4.78 is 37.3. The van der Waals surface area contributed by atoms with E-state index < -0.39 is 23.9 Å². The van der Waals surface area contributed by atoms with Gasteiger partial charge in [-0.3, -0.25) is 4.79 Å². The third-order valence-corrected chi connectivity index (χ3v) is 5.36. The highest BCUT2D eigenvalue weighted by atomic mass is 32.2. The molecule has 3 rings (SSSR count). The van der Waals surface area contributed by atoms with E-state index in [1.807, 2.05) is 0 Å². The van der Waals surface area contributed by atoms with Crippen LogP contribution in [0.4, 0.5) is 8.78 Å². The number of ether oxygens (including phenoxy) is 2. The van der Waals surface area contributed by atoms with Crippen LogP contribution in [0.3, 0.4) is 0 Å². The number of halogens is 2. The van der Waals surface area contributed by atoms with Gasteiger partial charge in [0.1, 0.15) is 18.0 Å². The minimum absolute atomic E-state index is 0.0749. The second kappa shape index (κ2) is 9.05. The summed E-state index contributed by atoms with van der Waals surface area (Å²) in [7, 11) is 1.25. The van der Waals surface area contributed by atoms with Crippen molar-refractivity contribution in [3.8, 4) is 5.75 Å². The Bertz CT molecular complexity index is 846. The van der Waals surface area contributed by atoms with Gasteiger partial charge in [-0.05, 0) is 36.4 Å². The van der Waals surface area contributed by atoms with Crippen LogP contribution in [-0.2, 0) is 14.3 Å². The van der Waals surface area contributed by atoms with Crippen molar-refractivity contribution in [2.75, 3.05) is 19.4 Å². The molecular weight excluding hydrogens is 388 g/mol. The fourth-order valence-corrected chi connectivity index (χ4v) is 3.78. The van der Waals surface area contributed by atoms with Crippen molar-refractivity contribution >= 4 is 23.6 Å². The van der Waals surface area contributed by atoms with Gasteiger partial charge in [0.15, 0.2) is 11.6 Å². The highest BCUT2D eigenvalue weighted by Crippen LogP contribution is 2.27. The molecule has 28 heavy (non-hydrogen) atoms. The molecule has 0 bridgehead atoms. The molecule has 0 unspecified atom stereocenters. The Balaban J connectivity index is 1.66. The summed E-state index contributed by atoms with van der Waals surface area (Å²) in [5.41, 5.74) is 0. The molecule has 0 saturated carbocycles. The zero-order chi connectivity index (χ0) is 20.1. The van der Waals surface area contributed by atoms with Gasteiger partial charge < -0.3 is 14.4 Å². The quantitative estimate of drug-likeness (QED) is 0.543. The summed E-state index contributed by atoms with van der Waals surface area (Å²) in [5.74, 6) is -1.52. The number of esters is 1. The normalized spacial score (nSPS) is 18.8. The fraction of sp³-hybridized carbons (Fsp3) is 0.300. The van der Waals surface area contributed by atoms with Gasteiger partial charge in [-0.2, -0.15) is 0 Å². The monoisotopic (exact) mass is 407 g/mol. The van der Waals surface area contributed by atoms with E-state index in [2.05, 4.69) is 0 Å². The molecule has 1 aliphatic heterocycles. The molecule has 0 aromatic heterocycles. The van der Waals surface area contributed by atoms with Gasteiger partial charge in [-0.1, -0.05) is 12.1 Å². The molecule has 2 aromatic rings. The van der Waals surface area contributed by atoms with Gasteiger partial charge in [0.2, 0.25) is 5.91 Å². The van der Waals surface area contributed by atoms with Crippen molar-refractivity contribution in [3.05, 3.63) is 60.2 Å². The van der Waals surface area contributed by atoms with Crippen molar-refractivity contribution < 1.29 is 27.8 Å². The van der Waals surface area contributed by atoms with Crippen LogP contribution in [0.2, 0.25) is 0 Å². The summed E-state index contributed by atoms with van der Waals surface area (Å²) in [4.78, 5) is 26.9. The third-order valence-electron chi connectivity index (χ3n) is 4.36. The van der Waals surface area contributed by atoms with Crippen molar-refractivity contribution in [1.29, 1.82) is 0 Å². The third kappa shape index (κ3) is 4.81. The zero-order valence-electron chi connectivity index (χ0n) is 15.1. The number of thioether (sulfide) groups is 1. The lowest BCUT2D eigenvalue weighted by Crippen LogP contribution is -2.42. The average Bonchev–Trinajstić information content (AvgIpc) is 3.12. The van der Waals surface area contributed by atoms with E-state index in [1.165, 1.54) is 48.0 Å². The van der Waals surface area contributed by atoms with E-state index in [9.17, 15) is 18.4 Å². The Morgan fingerprint density at radius 1 is 1.14 bits per heavy atom. The number of likely N-dealkylation sites (tertiary alicyclic amines) is 1. The Kier molecular flexibility index (Phi) is 6.51. The SMILES string of the molecule is COC(=O)[C@H]1C[C@H](Oc2ccccc2F)CN1C(=O)CSc1ccc(F)cc1. The predicted octanol–water partition coefficient (Wildman–Crippen LogP) is 3.28. The number of nitrogens with zero attached hydrogens (tertiary/aromatic N) is 1. The van der Waals surface area contributed by atoms with Crippen LogP contribution in [-0.4, -0.2) is 48.3 Å². The summed E-state index contributed by atoms with van der Waals surface area (Å²) in [6.45, 7) is 0.150. The second-order valence-corrected chi connectivity index (χ2v) is 7.28. The number of hydrogen-bond acceptors (Lipinski definition) is 5. The predicted molar refractivity (Wildman–Crippen MR) is 100 cm³/mol. The largest absolute Gasteiger partial charge is 0.485 e. The smallest absolute Gasteiger partial charge is 0.328 e. The van der Waals surface area contributed by atoms with Crippen molar-refractivity contribution in [2.45, 2.75) is 23.5 Å². The van der Waals surface area contributed by atoms with Gasteiger partial charge in [0, 0.05) is 11.3 Å². The first-order valence-electron chi connectivity index (χ1n) is 8.64. The summed E-state index contributed by atoms with van der Waals surface area (Å²) >= 11 is 1.24. The highest BCUT2D eigenvalue weighted by Gasteiger charge is 2.41. The van der Waals surface area contributed by atoms with Crippen molar-refractivity contribution in [2.24, 2.45) is 0 Å². The Morgan fingerprint density at radius 3 is 2.54 bits per heavy atom. The van der Waals surface area contributed by atoms with Crippen LogP contribution < -0.4 is 4.74 Å². The van der Waals surface area contributed by atoms with Crippen LogP contribution in [0.1, 0.15) is 6.42 Å². The molecule has 2 aromatic carbocycles. The molecule has 5 nitrogen and oxygen atoms in total. The maximum absolute atomic E-state index is 13.8. The lowest BCUT2D eigenvalue weighted by molar-refractivity contribution is -0.150. The van der Waals surface area contributed by atoms with Gasteiger partial charge in [0.05, 0.1) is 19.4 Å². The molecule has 0 spiro atoms. The molecule has 1 heterocycles. The van der Waals surface area contributed by atoms with Gasteiger partial charge in [0.25, 0.3) is 0 Å². The fourth-order valence-electron chi connectivity index (χ4n) is 3.00. The molecule has 148 valence electrons. The van der Waals surface area contributed by atoms with E-state index in [4.69, 9.17) is 9.47 Å². The van der Waals surface area contributed by atoms with Gasteiger partial charge in [-0.25, -0.2) is 13.6 Å². The standard InChI is InChI=1S/C20H19F2NO4S/c1-26-20(25)17-10-14(27-18-5-3-2-4-16(18)22)11-23(17)19(24)12-28-15-8-6-13(21)7-9-15/h2-9,14,17H,10-12H2,1H3/t14-,17+/m0/s1. The second-order valence-electron chi connectivity index (χ2n) is 6.23. The van der Waals surface area contributed by atoms with Crippen molar-refractivity contribution in [1.82, 2.24) is 4.90 Å². The summed E-state index contributed by atoms with van der Waals surface area (Å²) in [6.07, 6.45) is -0.311. The average molecular weight is 407 g/mol. The molecule has 2 atom stereocenters. The number of methoxy groups -OCH3 is 1. The first-order chi connectivity index (χ1) is 13.5. The summed E-state index contributed by atoms with van der Waals surface area (Å²) in [6, 6.07) is 11.0. The molecular formula is C20H19F2NO4S. The maximum atomic E-state index is 13.8. The van der Waals surface area contributed by atoms with Crippen LogP contribution in [0.5, 0.6) is 5.75 Å². The van der Waals surface area contributed by atoms with E-state index in [1.54, 1.807) is 24.3 Å². The Hall–Kier alpha value is -2.61. The number of benzene rings is 2. The van der Waals surface area contributed by atoms with E-state index in [0.29, 0.717) is 0 Å². The lowest BCUT2D eigenvalue weighted by atomic mass is 10.2. The Labute approximate surface area is 165 Å². The van der Waals surface area contributed by atoms with E-state index in [-0.39, 0.29) is 36.2 Å². The minimum atomic E-state index is -0.789. The van der Waals surface area contributed by atoms with Crippen molar-refractivity contribution in [3.63, 3.8) is 0 Å². The van der Waals surface area contributed by atoms with Crippen LogP contribution >= 0.6 is 11.8 Å². The number of para-hydroxylation sites is 1. The summed E-state index contributed by atoms with van der Waals surface area (Å²) in [5, 5.41) is 0. The molecule has 0 radical (unpaired) electrons. The van der Waals surface area contributed by atoms with E-state index in [0.717, 1.165) is 4.90 Å².